The van der Waals surface area contributed by atoms with Gasteiger partial charge in [0.15, 0.2) is 17.3 Å². The summed E-state index contributed by atoms with van der Waals surface area (Å²) in [5, 5.41) is 4.40. The van der Waals surface area contributed by atoms with Crippen LogP contribution in [-0.2, 0) is 0 Å². The van der Waals surface area contributed by atoms with E-state index < -0.39 is 0 Å². The number of rotatable bonds is 6. The molecule has 0 fully saturated rings. The summed E-state index contributed by atoms with van der Waals surface area (Å²) in [5.41, 5.74) is 2.73. The zero-order valence-corrected chi connectivity index (χ0v) is 18.2. The molecule has 0 atom stereocenters. The number of aryl methyl sites for hydroxylation is 1. The number of thiazole rings is 1. The average Bonchev–Trinajstić information content (AvgIpc) is 3.27. The zero-order valence-electron chi connectivity index (χ0n) is 17.4. The van der Waals surface area contributed by atoms with Crippen molar-refractivity contribution in [2.24, 2.45) is 5.92 Å². The molecule has 0 radical (unpaired) electrons. The highest BCUT2D eigenvalue weighted by atomic mass is 32.1. The Bertz CT molecular complexity index is 1290. The van der Waals surface area contributed by atoms with E-state index in [1.807, 2.05) is 55.5 Å². The van der Waals surface area contributed by atoms with Gasteiger partial charge in [0, 0.05) is 5.56 Å². The number of nitrogens with zero attached hydrogens (tertiary/aromatic N) is 3. The third-order valence-electron chi connectivity index (χ3n) is 4.55. The molecule has 0 aliphatic carbocycles. The lowest BCUT2D eigenvalue weighted by atomic mass is 10.1. The predicted octanol–water partition coefficient (Wildman–Crippen LogP) is 3.72. The van der Waals surface area contributed by atoms with Crippen molar-refractivity contribution >= 4 is 22.4 Å². The lowest BCUT2D eigenvalue weighted by Crippen LogP contribution is -2.23. The fourth-order valence-corrected chi connectivity index (χ4v) is 3.87. The quantitative estimate of drug-likeness (QED) is 0.475. The first-order valence-corrected chi connectivity index (χ1v) is 10.6. The van der Waals surface area contributed by atoms with Crippen LogP contribution < -0.4 is 19.6 Å². The lowest BCUT2D eigenvalue weighted by Gasteiger charge is -2.12. The molecule has 0 bridgehead atoms. The molecular formula is C23H23N3O3S. The van der Waals surface area contributed by atoms with Gasteiger partial charge in [-0.25, -0.2) is 0 Å². The smallest absolute Gasteiger partial charge is 0.291 e. The first-order chi connectivity index (χ1) is 14.4. The molecule has 0 saturated carbocycles. The van der Waals surface area contributed by atoms with E-state index in [-0.39, 0.29) is 5.56 Å². The van der Waals surface area contributed by atoms with Crippen LogP contribution in [0.25, 0.3) is 22.4 Å². The predicted molar refractivity (Wildman–Crippen MR) is 119 cm³/mol. The number of hydrogen-bond acceptors (Lipinski definition) is 6. The Morgan fingerprint density at radius 1 is 1.13 bits per heavy atom. The van der Waals surface area contributed by atoms with Gasteiger partial charge in [0.05, 0.1) is 18.2 Å². The van der Waals surface area contributed by atoms with Gasteiger partial charge in [-0.3, -0.25) is 4.79 Å². The van der Waals surface area contributed by atoms with E-state index in [0.717, 1.165) is 16.7 Å². The first kappa shape index (κ1) is 20.1. The number of methoxy groups -OCH3 is 1. The van der Waals surface area contributed by atoms with E-state index in [1.54, 1.807) is 7.11 Å². The third kappa shape index (κ3) is 4.07. The van der Waals surface area contributed by atoms with Gasteiger partial charge < -0.3 is 9.47 Å². The Hall–Kier alpha value is -3.19. The van der Waals surface area contributed by atoms with Crippen LogP contribution in [0.1, 0.15) is 25.0 Å². The molecule has 4 aromatic rings. The maximum Gasteiger partial charge on any atom is 0.291 e. The second-order valence-corrected chi connectivity index (χ2v) is 8.54. The molecule has 4 rings (SSSR count). The molecule has 0 N–H and O–H groups in total. The standard InChI is InChI=1S/C23H23N3O3S/c1-14(2)13-29-18-10-7-16(11-19(18)28-4)12-20-22(27)26-23(30-20)24-21(25-26)17-8-5-15(3)6-9-17/h5-12,14H,13H2,1-4H3/b20-12+. The van der Waals surface area contributed by atoms with E-state index in [9.17, 15) is 4.79 Å². The highest BCUT2D eigenvalue weighted by Crippen LogP contribution is 2.28. The van der Waals surface area contributed by atoms with Crippen LogP contribution in [0.4, 0.5) is 0 Å². The summed E-state index contributed by atoms with van der Waals surface area (Å²) < 4.78 is 13.2. The number of hydrogen-bond donors (Lipinski definition) is 0. The van der Waals surface area contributed by atoms with Gasteiger partial charge in [-0.05, 0) is 36.6 Å². The fraction of sp³-hybridized carbons (Fsp3) is 0.261. The van der Waals surface area contributed by atoms with Gasteiger partial charge in [-0.1, -0.05) is 61.1 Å². The van der Waals surface area contributed by atoms with Crippen molar-refractivity contribution in [3.05, 3.63) is 68.5 Å². The number of aromatic nitrogens is 3. The second-order valence-electron chi connectivity index (χ2n) is 7.53. The lowest BCUT2D eigenvalue weighted by molar-refractivity contribution is 0.257. The van der Waals surface area contributed by atoms with Crippen molar-refractivity contribution in [1.29, 1.82) is 0 Å². The SMILES string of the molecule is COc1cc(/C=c2/sc3nc(-c4ccc(C)cc4)nn3c2=O)ccc1OCC(C)C. The van der Waals surface area contributed by atoms with Gasteiger partial charge in [0.1, 0.15) is 0 Å². The number of benzene rings is 2. The highest BCUT2D eigenvalue weighted by Gasteiger charge is 2.12. The minimum absolute atomic E-state index is 0.181. The topological polar surface area (TPSA) is 65.7 Å². The molecule has 154 valence electrons. The van der Waals surface area contributed by atoms with Gasteiger partial charge >= 0.3 is 0 Å². The van der Waals surface area contributed by atoms with E-state index >= 15 is 0 Å². The molecule has 0 unspecified atom stereocenters. The maximum atomic E-state index is 12.8. The van der Waals surface area contributed by atoms with Crippen LogP contribution in [-0.4, -0.2) is 28.3 Å². The fourth-order valence-electron chi connectivity index (χ4n) is 2.96. The van der Waals surface area contributed by atoms with Gasteiger partial charge in [-0.15, -0.1) is 5.10 Å². The maximum absolute atomic E-state index is 12.8. The Kier molecular flexibility index (Phi) is 5.55. The Labute approximate surface area is 178 Å². The van der Waals surface area contributed by atoms with E-state index in [2.05, 4.69) is 23.9 Å². The molecule has 30 heavy (non-hydrogen) atoms. The highest BCUT2D eigenvalue weighted by molar-refractivity contribution is 7.15. The van der Waals surface area contributed by atoms with Crippen LogP contribution in [0.5, 0.6) is 11.5 Å². The van der Waals surface area contributed by atoms with Gasteiger partial charge in [0.2, 0.25) is 4.96 Å². The Morgan fingerprint density at radius 3 is 2.57 bits per heavy atom. The molecule has 2 heterocycles. The summed E-state index contributed by atoms with van der Waals surface area (Å²) in [7, 11) is 1.61. The summed E-state index contributed by atoms with van der Waals surface area (Å²) in [4.78, 5) is 17.9. The van der Waals surface area contributed by atoms with Crippen LogP contribution in [0.15, 0.2) is 47.3 Å². The van der Waals surface area contributed by atoms with Crippen LogP contribution >= 0.6 is 11.3 Å². The average molecular weight is 422 g/mol. The van der Waals surface area contributed by atoms with Crippen molar-refractivity contribution in [3.63, 3.8) is 0 Å². The molecule has 7 heteroatoms. The summed E-state index contributed by atoms with van der Waals surface area (Å²) in [6, 6.07) is 13.6. The molecule has 0 saturated heterocycles. The van der Waals surface area contributed by atoms with Crippen molar-refractivity contribution in [1.82, 2.24) is 14.6 Å². The normalized spacial score (nSPS) is 12.1. The largest absolute Gasteiger partial charge is 0.493 e. The molecule has 0 aliphatic rings. The van der Waals surface area contributed by atoms with Crippen LogP contribution in [0, 0.1) is 12.8 Å². The minimum Gasteiger partial charge on any atom is -0.493 e. The van der Waals surface area contributed by atoms with Crippen molar-refractivity contribution in [2.45, 2.75) is 20.8 Å². The molecule has 2 aromatic heterocycles. The van der Waals surface area contributed by atoms with Crippen molar-refractivity contribution in [3.8, 4) is 22.9 Å². The number of ether oxygens (including phenoxy) is 2. The summed E-state index contributed by atoms with van der Waals surface area (Å²) in [5.74, 6) is 2.30. The summed E-state index contributed by atoms with van der Waals surface area (Å²) in [6.45, 7) is 6.83. The van der Waals surface area contributed by atoms with Crippen LogP contribution in [0.3, 0.4) is 0 Å². The zero-order chi connectivity index (χ0) is 21.3. The minimum atomic E-state index is -0.181. The molecule has 0 amide bonds. The molecule has 0 spiro atoms. The Balaban J connectivity index is 1.67. The third-order valence-corrected chi connectivity index (χ3v) is 5.51. The van der Waals surface area contributed by atoms with Gasteiger partial charge in [0.25, 0.3) is 5.56 Å². The molecule has 6 nitrogen and oxygen atoms in total. The monoisotopic (exact) mass is 421 g/mol. The number of fused-ring (bicyclic) bond motifs is 1. The molecule has 2 aromatic carbocycles. The summed E-state index contributed by atoms with van der Waals surface area (Å²) >= 11 is 1.32. The van der Waals surface area contributed by atoms with Crippen molar-refractivity contribution in [2.75, 3.05) is 13.7 Å². The molecular weight excluding hydrogens is 398 g/mol. The van der Waals surface area contributed by atoms with E-state index in [4.69, 9.17) is 9.47 Å². The molecule has 0 aliphatic heterocycles. The summed E-state index contributed by atoms with van der Waals surface area (Å²) in [6.07, 6.45) is 1.82. The second kappa shape index (κ2) is 8.28. The van der Waals surface area contributed by atoms with Gasteiger partial charge in [-0.2, -0.15) is 9.50 Å². The Morgan fingerprint density at radius 2 is 1.90 bits per heavy atom. The van der Waals surface area contributed by atoms with Crippen molar-refractivity contribution < 1.29 is 9.47 Å². The van der Waals surface area contributed by atoms with E-state index in [1.165, 1.54) is 15.9 Å². The van der Waals surface area contributed by atoms with E-state index in [0.29, 0.717) is 39.3 Å². The van der Waals surface area contributed by atoms with Crippen LogP contribution in [0.2, 0.25) is 0 Å². The first-order valence-electron chi connectivity index (χ1n) is 9.74.